The van der Waals surface area contributed by atoms with Crippen molar-refractivity contribution in [3.8, 4) is 11.8 Å². The molecule has 1 aromatic carbocycles. The van der Waals surface area contributed by atoms with Gasteiger partial charge in [-0.05, 0) is 24.0 Å². The van der Waals surface area contributed by atoms with E-state index in [0.717, 1.165) is 5.56 Å². The Morgan fingerprint density at radius 3 is 2.80 bits per heavy atom. The predicted molar refractivity (Wildman–Crippen MR) is 91.8 cm³/mol. The van der Waals surface area contributed by atoms with Crippen molar-refractivity contribution >= 4 is 11.8 Å². The van der Waals surface area contributed by atoms with E-state index in [4.69, 9.17) is 4.74 Å². The lowest BCUT2D eigenvalue weighted by Crippen LogP contribution is -2.24. The van der Waals surface area contributed by atoms with Crippen LogP contribution in [0.25, 0.3) is 0 Å². The van der Waals surface area contributed by atoms with Gasteiger partial charge in [0, 0.05) is 19.0 Å². The highest BCUT2D eigenvalue weighted by atomic mass is 16.6. The van der Waals surface area contributed by atoms with E-state index >= 15 is 0 Å². The molecule has 1 aromatic heterocycles. The molecule has 2 rings (SSSR count). The van der Waals surface area contributed by atoms with Crippen molar-refractivity contribution in [2.24, 2.45) is 0 Å². The maximum absolute atomic E-state index is 11.5. The van der Waals surface area contributed by atoms with Gasteiger partial charge in [-0.25, -0.2) is 9.78 Å². The third kappa shape index (κ3) is 5.95. The molecule has 1 heterocycles. The maximum Gasteiger partial charge on any atom is 0.407 e. The quantitative estimate of drug-likeness (QED) is 0.391. The monoisotopic (exact) mass is 339 g/mol. The number of hydrogen-bond donors (Lipinski definition) is 1. The first-order valence-corrected chi connectivity index (χ1v) is 7.60. The third-order valence-corrected chi connectivity index (χ3v) is 3.21. The number of nitrogens with zero attached hydrogens (tertiary/aromatic N) is 2. The lowest BCUT2D eigenvalue weighted by atomic mass is 10.2. The highest BCUT2D eigenvalue weighted by molar-refractivity contribution is 5.67. The second kappa shape index (κ2) is 9.03. The third-order valence-electron chi connectivity index (χ3n) is 3.21. The Morgan fingerprint density at radius 2 is 2.12 bits per heavy atom. The van der Waals surface area contributed by atoms with Crippen molar-refractivity contribution in [1.82, 2.24) is 10.3 Å². The molecule has 128 valence electrons. The molecular weight excluding hydrogens is 322 g/mol. The molecule has 0 spiro atoms. The standard InChI is InChI=1S/C18H17N3O4/c1-14-11-16(21(23)24)12-20-17(14)9-5-6-10-19-18(22)25-13-15-7-3-2-4-8-15/h2-4,7-8,11-12H,6,10,13H2,1H3,(H,19,22). The molecule has 2 aromatic rings. The molecule has 7 heteroatoms. The molecule has 1 N–H and O–H groups in total. The minimum Gasteiger partial charge on any atom is -0.445 e. The van der Waals surface area contributed by atoms with Gasteiger partial charge in [0.05, 0.1) is 4.92 Å². The lowest BCUT2D eigenvalue weighted by molar-refractivity contribution is -0.385. The number of pyridine rings is 1. The predicted octanol–water partition coefficient (Wildman–Crippen LogP) is 2.97. The van der Waals surface area contributed by atoms with E-state index in [2.05, 4.69) is 22.1 Å². The largest absolute Gasteiger partial charge is 0.445 e. The van der Waals surface area contributed by atoms with Crippen LogP contribution in [0.1, 0.15) is 23.2 Å². The average Bonchev–Trinajstić information content (AvgIpc) is 2.61. The van der Waals surface area contributed by atoms with Gasteiger partial charge in [-0.2, -0.15) is 0 Å². The number of benzene rings is 1. The molecule has 0 saturated heterocycles. The molecule has 0 aliphatic carbocycles. The fourth-order valence-corrected chi connectivity index (χ4v) is 1.94. The van der Waals surface area contributed by atoms with Gasteiger partial charge in [0.1, 0.15) is 18.5 Å². The Morgan fingerprint density at radius 1 is 1.36 bits per heavy atom. The number of carbonyl (C=O) groups is 1. The van der Waals surface area contributed by atoms with E-state index in [1.165, 1.54) is 12.3 Å². The zero-order valence-electron chi connectivity index (χ0n) is 13.7. The van der Waals surface area contributed by atoms with Gasteiger partial charge in [0.15, 0.2) is 0 Å². The van der Waals surface area contributed by atoms with E-state index in [9.17, 15) is 14.9 Å². The normalized spacial score (nSPS) is 9.64. The Bertz CT molecular complexity index is 810. The molecule has 0 saturated carbocycles. The molecule has 0 aliphatic heterocycles. The van der Waals surface area contributed by atoms with Crippen LogP contribution in [0.5, 0.6) is 0 Å². The van der Waals surface area contributed by atoms with E-state index in [-0.39, 0.29) is 12.3 Å². The first kappa shape index (κ1) is 17.9. The van der Waals surface area contributed by atoms with Crippen LogP contribution in [0, 0.1) is 28.9 Å². The Balaban J connectivity index is 1.73. The second-order valence-corrected chi connectivity index (χ2v) is 5.16. The highest BCUT2D eigenvalue weighted by Crippen LogP contribution is 2.13. The lowest BCUT2D eigenvalue weighted by Gasteiger charge is -2.05. The summed E-state index contributed by atoms with van der Waals surface area (Å²) in [6, 6.07) is 10.8. The first-order chi connectivity index (χ1) is 12.1. The smallest absolute Gasteiger partial charge is 0.407 e. The Kier molecular flexibility index (Phi) is 6.48. The van der Waals surface area contributed by atoms with Gasteiger partial charge >= 0.3 is 6.09 Å². The number of rotatable bonds is 5. The summed E-state index contributed by atoms with van der Waals surface area (Å²) in [5.41, 5.74) is 1.97. The molecule has 0 unspecified atom stereocenters. The van der Waals surface area contributed by atoms with Crippen LogP contribution in [-0.2, 0) is 11.3 Å². The average molecular weight is 339 g/mol. The molecule has 7 nitrogen and oxygen atoms in total. The van der Waals surface area contributed by atoms with Crippen molar-refractivity contribution in [2.75, 3.05) is 6.54 Å². The van der Waals surface area contributed by atoms with Crippen molar-refractivity contribution in [3.63, 3.8) is 0 Å². The molecule has 0 fully saturated rings. The molecule has 0 radical (unpaired) electrons. The number of carbonyl (C=O) groups excluding carboxylic acids is 1. The van der Waals surface area contributed by atoms with Gasteiger partial charge in [0.25, 0.3) is 5.69 Å². The SMILES string of the molecule is Cc1cc([N+](=O)[O-])cnc1C#CCCNC(=O)OCc1ccccc1. The van der Waals surface area contributed by atoms with Crippen LogP contribution in [-0.4, -0.2) is 22.5 Å². The fraction of sp³-hybridized carbons (Fsp3) is 0.222. The van der Waals surface area contributed by atoms with Crippen molar-refractivity contribution in [1.29, 1.82) is 0 Å². The molecule has 1 amide bonds. The number of amides is 1. The Hall–Kier alpha value is -3.40. The minimum absolute atomic E-state index is 0.0640. The maximum atomic E-state index is 11.5. The van der Waals surface area contributed by atoms with Gasteiger partial charge in [-0.3, -0.25) is 10.1 Å². The summed E-state index contributed by atoms with van der Waals surface area (Å²) in [6.45, 7) is 2.26. The van der Waals surface area contributed by atoms with Crippen LogP contribution >= 0.6 is 0 Å². The van der Waals surface area contributed by atoms with Crippen LogP contribution in [0.15, 0.2) is 42.6 Å². The molecule has 0 bridgehead atoms. The summed E-state index contributed by atoms with van der Waals surface area (Å²) in [6.07, 6.45) is 1.09. The van der Waals surface area contributed by atoms with Crippen LogP contribution < -0.4 is 5.32 Å². The molecular formula is C18H17N3O4. The summed E-state index contributed by atoms with van der Waals surface area (Å²) in [5, 5.41) is 13.3. The van der Waals surface area contributed by atoms with Crippen molar-refractivity contribution < 1.29 is 14.5 Å². The van der Waals surface area contributed by atoms with Crippen LogP contribution in [0.2, 0.25) is 0 Å². The van der Waals surface area contributed by atoms with Gasteiger partial charge in [-0.1, -0.05) is 36.3 Å². The van der Waals surface area contributed by atoms with Crippen LogP contribution in [0.3, 0.4) is 0 Å². The number of alkyl carbamates (subject to hydrolysis) is 1. The van der Waals surface area contributed by atoms with E-state index in [1.54, 1.807) is 6.92 Å². The topological polar surface area (TPSA) is 94.4 Å². The van der Waals surface area contributed by atoms with Crippen molar-refractivity contribution in [3.05, 3.63) is 69.5 Å². The van der Waals surface area contributed by atoms with E-state index in [1.807, 2.05) is 30.3 Å². The van der Waals surface area contributed by atoms with Gasteiger partial charge in [0.2, 0.25) is 0 Å². The number of hydrogen-bond acceptors (Lipinski definition) is 5. The second-order valence-electron chi connectivity index (χ2n) is 5.16. The first-order valence-electron chi connectivity index (χ1n) is 7.60. The zero-order chi connectivity index (χ0) is 18.1. The fourth-order valence-electron chi connectivity index (χ4n) is 1.94. The zero-order valence-corrected chi connectivity index (χ0v) is 13.7. The number of aromatic nitrogens is 1. The van der Waals surface area contributed by atoms with E-state index in [0.29, 0.717) is 24.2 Å². The van der Waals surface area contributed by atoms with Gasteiger partial charge in [-0.15, -0.1) is 0 Å². The number of aryl methyl sites for hydroxylation is 1. The summed E-state index contributed by atoms with van der Waals surface area (Å²) >= 11 is 0. The molecule has 0 atom stereocenters. The molecule has 0 aliphatic rings. The van der Waals surface area contributed by atoms with Crippen LogP contribution in [0.4, 0.5) is 10.5 Å². The molecule has 25 heavy (non-hydrogen) atoms. The summed E-state index contributed by atoms with van der Waals surface area (Å²) in [7, 11) is 0. The van der Waals surface area contributed by atoms with E-state index < -0.39 is 11.0 Å². The summed E-state index contributed by atoms with van der Waals surface area (Å²) < 4.78 is 5.07. The number of nitrogens with one attached hydrogen (secondary N) is 1. The summed E-state index contributed by atoms with van der Waals surface area (Å²) in [5.74, 6) is 5.70. The minimum atomic E-state index is -0.504. The highest BCUT2D eigenvalue weighted by Gasteiger charge is 2.07. The van der Waals surface area contributed by atoms with Crippen molar-refractivity contribution in [2.45, 2.75) is 20.0 Å². The Labute approximate surface area is 145 Å². The number of nitro groups is 1. The number of ether oxygens (including phenoxy) is 1. The summed E-state index contributed by atoms with van der Waals surface area (Å²) in [4.78, 5) is 25.7. The van der Waals surface area contributed by atoms with Gasteiger partial charge < -0.3 is 10.1 Å².